The van der Waals surface area contributed by atoms with Crippen molar-refractivity contribution >= 4 is 34.2 Å². The van der Waals surface area contributed by atoms with Crippen molar-refractivity contribution in [2.75, 3.05) is 13.2 Å². The molecule has 2 aromatic heterocycles. The summed E-state index contributed by atoms with van der Waals surface area (Å²) in [6, 6.07) is 7.08. The molecule has 8 heteroatoms. The first kappa shape index (κ1) is 15.7. The van der Waals surface area contributed by atoms with Crippen molar-refractivity contribution in [1.82, 2.24) is 14.5 Å². The number of nitrogens with zero attached hydrogens (tertiary/aromatic N) is 3. The van der Waals surface area contributed by atoms with Gasteiger partial charge in [-0.2, -0.15) is 4.98 Å². The maximum Gasteiger partial charge on any atom is 0.516 e. The van der Waals surface area contributed by atoms with Crippen LogP contribution in [-0.2, 0) is 9.47 Å². The van der Waals surface area contributed by atoms with E-state index in [1.54, 1.807) is 26.0 Å². The predicted molar refractivity (Wildman–Crippen MR) is 85.1 cm³/mol. The number of carbonyl (C=O) groups excluding carboxylic acids is 2. The first-order valence-electron chi connectivity index (χ1n) is 7.43. The van der Waals surface area contributed by atoms with Crippen LogP contribution in [0.3, 0.4) is 0 Å². The molecule has 0 aliphatic rings. The number of hydrogen-bond acceptors (Lipinski definition) is 7. The quantitative estimate of drug-likeness (QED) is 0.681. The number of fused-ring (bicyclic) bond motifs is 3. The summed E-state index contributed by atoms with van der Waals surface area (Å²) in [5, 5.41) is 0.719. The summed E-state index contributed by atoms with van der Waals surface area (Å²) in [5.74, 6) is 0. The predicted octanol–water partition coefficient (Wildman–Crippen LogP) is 3.12. The highest BCUT2D eigenvalue weighted by atomic mass is 16.7. The van der Waals surface area contributed by atoms with Crippen molar-refractivity contribution in [1.29, 1.82) is 0 Å². The molecular weight excluding hydrogens is 314 g/mol. The van der Waals surface area contributed by atoms with E-state index in [0.29, 0.717) is 16.6 Å². The maximum atomic E-state index is 12.3. The molecule has 2 heterocycles. The van der Waals surface area contributed by atoms with Gasteiger partial charge in [0, 0.05) is 5.39 Å². The minimum absolute atomic E-state index is 0.146. The van der Waals surface area contributed by atoms with E-state index in [2.05, 4.69) is 9.97 Å². The van der Waals surface area contributed by atoms with Gasteiger partial charge in [0.1, 0.15) is 5.52 Å². The summed E-state index contributed by atoms with van der Waals surface area (Å²) in [5.41, 5.74) is 1.58. The average molecular weight is 329 g/mol. The fourth-order valence-corrected chi connectivity index (χ4v) is 2.38. The normalized spacial score (nSPS) is 10.8. The fraction of sp³-hybridized carbons (Fsp3) is 0.250. The number of hydrogen-bond donors (Lipinski definition) is 0. The molecule has 0 saturated heterocycles. The molecule has 0 atom stereocenters. The molecule has 3 rings (SSSR count). The van der Waals surface area contributed by atoms with Gasteiger partial charge < -0.3 is 14.2 Å². The van der Waals surface area contributed by atoms with Gasteiger partial charge in [0.05, 0.1) is 30.4 Å². The number of ether oxygens (including phenoxy) is 3. The molecule has 0 amide bonds. The highest BCUT2D eigenvalue weighted by molar-refractivity contribution is 6.10. The zero-order chi connectivity index (χ0) is 17.1. The Balaban J connectivity index is 2.14. The van der Waals surface area contributed by atoms with E-state index >= 15 is 0 Å². The second-order valence-corrected chi connectivity index (χ2v) is 4.72. The summed E-state index contributed by atoms with van der Waals surface area (Å²) in [7, 11) is 0. The van der Waals surface area contributed by atoms with Crippen LogP contribution < -0.4 is 4.74 Å². The Bertz CT molecular complexity index is 919. The molecule has 0 spiro atoms. The molecule has 0 bridgehead atoms. The van der Waals surface area contributed by atoms with Crippen LogP contribution in [0.25, 0.3) is 21.9 Å². The molecule has 8 nitrogen and oxygen atoms in total. The lowest BCUT2D eigenvalue weighted by atomic mass is 10.2. The summed E-state index contributed by atoms with van der Waals surface area (Å²) in [4.78, 5) is 31.9. The molecule has 0 N–H and O–H groups in total. The van der Waals surface area contributed by atoms with Gasteiger partial charge in [-0.25, -0.2) is 19.1 Å². The molecular formula is C16H15N3O5. The Morgan fingerprint density at radius 1 is 1.08 bits per heavy atom. The van der Waals surface area contributed by atoms with Gasteiger partial charge in [-0.15, -0.1) is 0 Å². The third-order valence-electron chi connectivity index (χ3n) is 3.28. The Kier molecular flexibility index (Phi) is 4.28. The molecule has 3 aromatic rings. The van der Waals surface area contributed by atoms with E-state index < -0.39 is 12.2 Å². The zero-order valence-corrected chi connectivity index (χ0v) is 13.2. The SMILES string of the molecule is CCOC(=O)Oc1ncc2c(n1)c1ccccc1n2C(=O)OCC. The van der Waals surface area contributed by atoms with Gasteiger partial charge >= 0.3 is 18.3 Å². The van der Waals surface area contributed by atoms with Crippen molar-refractivity contribution in [2.24, 2.45) is 0 Å². The average Bonchev–Trinajstić information content (AvgIpc) is 2.89. The lowest BCUT2D eigenvalue weighted by Gasteiger charge is -2.05. The van der Waals surface area contributed by atoms with Crippen molar-refractivity contribution < 1.29 is 23.8 Å². The second kappa shape index (κ2) is 6.53. The number of aromatic nitrogens is 3. The van der Waals surface area contributed by atoms with Crippen LogP contribution in [0.5, 0.6) is 6.01 Å². The molecule has 0 unspecified atom stereocenters. The van der Waals surface area contributed by atoms with E-state index in [1.165, 1.54) is 10.8 Å². The highest BCUT2D eigenvalue weighted by Gasteiger charge is 2.19. The van der Waals surface area contributed by atoms with Crippen LogP contribution in [0.2, 0.25) is 0 Å². The number of rotatable bonds is 3. The molecule has 0 radical (unpaired) electrons. The minimum Gasteiger partial charge on any atom is -0.449 e. The number of para-hydroxylation sites is 1. The van der Waals surface area contributed by atoms with Gasteiger partial charge in [0.25, 0.3) is 0 Å². The summed E-state index contributed by atoms with van der Waals surface area (Å²) < 4.78 is 16.1. The van der Waals surface area contributed by atoms with Crippen LogP contribution in [-0.4, -0.2) is 40.0 Å². The Labute approximate surface area is 137 Å². The van der Waals surface area contributed by atoms with Gasteiger partial charge in [-0.3, -0.25) is 0 Å². The number of benzene rings is 1. The van der Waals surface area contributed by atoms with E-state index in [-0.39, 0.29) is 19.2 Å². The first-order chi connectivity index (χ1) is 11.7. The van der Waals surface area contributed by atoms with Crippen molar-refractivity contribution in [2.45, 2.75) is 13.8 Å². The summed E-state index contributed by atoms with van der Waals surface area (Å²) >= 11 is 0. The van der Waals surface area contributed by atoms with Gasteiger partial charge in [-0.05, 0) is 19.9 Å². The molecule has 0 aliphatic carbocycles. The smallest absolute Gasteiger partial charge is 0.449 e. The molecule has 24 heavy (non-hydrogen) atoms. The van der Waals surface area contributed by atoms with E-state index in [4.69, 9.17) is 14.2 Å². The van der Waals surface area contributed by atoms with E-state index in [0.717, 1.165) is 5.39 Å². The molecule has 0 saturated carbocycles. The van der Waals surface area contributed by atoms with Crippen molar-refractivity contribution in [3.8, 4) is 6.01 Å². The fourth-order valence-electron chi connectivity index (χ4n) is 2.38. The second-order valence-electron chi connectivity index (χ2n) is 4.72. The van der Waals surface area contributed by atoms with Crippen LogP contribution in [0.4, 0.5) is 9.59 Å². The first-order valence-corrected chi connectivity index (χ1v) is 7.43. The van der Waals surface area contributed by atoms with E-state index in [1.807, 2.05) is 12.1 Å². The third kappa shape index (κ3) is 2.73. The maximum absolute atomic E-state index is 12.3. The monoisotopic (exact) mass is 329 g/mol. The van der Waals surface area contributed by atoms with Gasteiger partial charge in [-0.1, -0.05) is 18.2 Å². The Hall–Kier alpha value is -3.16. The molecule has 1 aromatic carbocycles. The molecule has 0 fully saturated rings. The highest BCUT2D eigenvalue weighted by Crippen LogP contribution is 2.28. The van der Waals surface area contributed by atoms with Crippen molar-refractivity contribution in [3.05, 3.63) is 30.5 Å². The van der Waals surface area contributed by atoms with Crippen LogP contribution >= 0.6 is 0 Å². The largest absolute Gasteiger partial charge is 0.516 e. The lowest BCUT2D eigenvalue weighted by Crippen LogP contribution is -2.14. The Morgan fingerprint density at radius 2 is 1.83 bits per heavy atom. The molecule has 124 valence electrons. The van der Waals surface area contributed by atoms with Crippen LogP contribution in [0.15, 0.2) is 30.5 Å². The minimum atomic E-state index is -0.883. The summed E-state index contributed by atoms with van der Waals surface area (Å²) in [6.07, 6.45) is 0.00529. The van der Waals surface area contributed by atoms with E-state index in [9.17, 15) is 9.59 Å². The summed E-state index contributed by atoms with van der Waals surface area (Å²) in [6.45, 7) is 3.83. The van der Waals surface area contributed by atoms with Gasteiger partial charge in [0.2, 0.25) is 0 Å². The van der Waals surface area contributed by atoms with Crippen LogP contribution in [0.1, 0.15) is 13.8 Å². The van der Waals surface area contributed by atoms with Crippen molar-refractivity contribution in [3.63, 3.8) is 0 Å². The standard InChI is InChI=1S/C16H15N3O5/c1-3-22-15(20)19-11-8-6-5-7-10(11)13-12(19)9-17-14(18-13)24-16(21)23-4-2/h5-9H,3-4H2,1-2H3. The van der Waals surface area contributed by atoms with Gasteiger partial charge in [0.15, 0.2) is 0 Å². The lowest BCUT2D eigenvalue weighted by molar-refractivity contribution is 0.101. The topological polar surface area (TPSA) is 92.5 Å². The molecule has 0 aliphatic heterocycles. The Morgan fingerprint density at radius 3 is 2.58 bits per heavy atom. The zero-order valence-electron chi connectivity index (χ0n) is 13.2. The number of carbonyl (C=O) groups is 2. The third-order valence-corrected chi connectivity index (χ3v) is 3.28. The van der Waals surface area contributed by atoms with Crippen LogP contribution in [0, 0.1) is 0 Å².